The fourth-order valence-electron chi connectivity index (χ4n) is 7.25. The molecule has 2 amide bonds. The summed E-state index contributed by atoms with van der Waals surface area (Å²) in [7, 11) is 1.51. The minimum atomic E-state index is -0.678. The lowest BCUT2D eigenvalue weighted by molar-refractivity contribution is -0.123. The highest BCUT2D eigenvalue weighted by atomic mass is 35.5. The number of carbonyl (C=O) groups excluding carboxylic acids is 4. The minimum absolute atomic E-state index is 0.0948. The summed E-state index contributed by atoms with van der Waals surface area (Å²) in [6.07, 6.45) is 3.03. The molecule has 2 heterocycles. The molecule has 0 spiro atoms. The first-order valence-electron chi connectivity index (χ1n) is 14.7. The van der Waals surface area contributed by atoms with Gasteiger partial charge in [0.25, 0.3) is 0 Å². The fourth-order valence-corrected chi connectivity index (χ4v) is 7.41. The summed E-state index contributed by atoms with van der Waals surface area (Å²) >= 11 is 6.42. The summed E-state index contributed by atoms with van der Waals surface area (Å²) in [5.74, 6) is -0.473. The molecule has 2 bridgehead atoms. The van der Waals surface area contributed by atoms with Gasteiger partial charge in [-0.05, 0) is 80.0 Å². The van der Waals surface area contributed by atoms with Crippen LogP contribution in [0.25, 0.3) is 22.2 Å². The van der Waals surface area contributed by atoms with Crippen LogP contribution in [0.1, 0.15) is 45.5 Å². The third-order valence-electron chi connectivity index (χ3n) is 9.46. The monoisotopic (exact) mass is 608 g/mol. The third kappa shape index (κ3) is 4.56. The van der Waals surface area contributed by atoms with Gasteiger partial charge in [0, 0.05) is 21.5 Å². The maximum Gasteiger partial charge on any atom is 0.339 e. The van der Waals surface area contributed by atoms with Crippen LogP contribution in [0.4, 0.5) is 5.69 Å². The lowest BCUT2D eigenvalue weighted by Gasteiger charge is -2.19. The number of rotatable bonds is 7. The fraction of sp³-hybridized carbons (Fsp3) is 0.286. The molecule has 1 aromatic heterocycles. The van der Waals surface area contributed by atoms with Crippen LogP contribution >= 0.6 is 11.6 Å². The van der Waals surface area contributed by atoms with Gasteiger partial charge in [0.15, 0.2) is 12.4 Å². The molecule has 0 radical (unpaired) electrons. The van der Waals surface area contributed by atoms with Crippen molar-refractivity contribution in [3.8, 4) is 17.0 Å². The number of hydrogen-bond donors (Lipinski definition) is 0. The first kappa shape index (κ1) is 28.2. The molecule has 1 saturated heterocycles. The van der Waals surface area contributed by atoms with E-state index in [2.05, 4.69) is 0 Å². The Morgan fingerprint density at radius 1 is 0.955 bits per heavy atom. The van der Waals surface area contributed by atoms with Gasteiger partial charge >= 0.3 is 5.97 Å². The molecule has 2 aliphatic carbocycles. The van der Waals surface area contributed by atoms with Crippen LogP contribution in [0.3, 0.4) is 0 Å². The van der Waals surface area contributed by atoms with Gasteiger partial charge in [-0.25, -0.2) is 9.78 Å². The van der Waals surface area contributed by atoms with Gasteiger partial charge in [-0.15, -0.1) is 0 Å². The van der Waals surface area contributed by atoms with Gasteiger partial charge in [0.2, 0.25) is 11.8 Å². The third-order valence-corrected chi connectivity index (χ3v) is 9.87. The number of pyridine rings is 1. The van der Waals surface area contributed by atoms with E-state index in [1.165, 1.54) is 12.0 Å². The van der Waals surface area contributed by atoms with Crippen LogP contribution in [-0.2, 0) is 14.3 Å². The van der Waals surface area contributed by atoms with E-state index in [-0.39, 0.29) is 35.0 Å². The number of aryl methyl sites for hydroxylation is 1. The van der Waals surface area contributed by atoms with Crippen molar-refractivity contribution in [2.24, 2.45) is 23.7 Å². The van der Waals surface area contributed by atoms with Gasteiger partial charge in [0.05, 0.1) is 41.4 Å². The molecular formula is C35H29ClN2O6. The number of amides is 2. The Hall–Kier alpha value is -4.56. The first-order chi connectivity index (χ1) is 21.2. The van der Waals surface area contributed by atoms with E-state index in [9.17, 15) is 19.2 Å². The molecule has 7 rings (SSSR count). The first-order valence-corrected chi connectivity index (χ1v) is 15.1. The zero-order valence-corrected chi connectivity index (χ0v) is 25.0. The number of benzene rings is 3. The summed E-state index contributed by atoms with van der Waals surface area (Å²) in [5, 5.41) is 1.04. The standard InChI is InChI=1S/C35H29ClN2O6/c1-18-27(36)13-12-25-26(35(42)44-17-29(39)20-4-3-5-24(15-20)43-2)16-28(37-32(18)25)19-8-10-23(11-9-19)38-33(40)30-21-6-7-22(14-21)31(30)34(38)41/h3-5,8-13,15-16,21-22,30-31H,6-7,14,17H2,1-2H3. The van der Waals surface area contributed by atoms with Crippen molar-refractivity contribution < 1.29 is 28.7 Å². The number of methoxy groups -OCH3 is 1. The summed E-state index contributed by atoms with van der Waals surface area (Å²) < 4.78 is 10.7. The van der Waals surface area contributed by atoms with Crippen LogP contribution in [0.15, 0.2) is 66.7 Å². The van der Waals surface area contributed by atoms with Crippen molar-refractivity contribution in [2.75, 3.05) is 18.6 Å². The molecule has 4 aromatic rings. The smallest absolute Gasteiger partial charge is 0.339 e. The van der Waals surface area contributed by atoms with E-state index in [0.29, 0.717) is 61.6 Å². The van der Waals surface area contributed by atoms with Crippen molar-refractivity contribution in [1.29, 1.82) is 0 Å². The largest absolute Gasteiger partial charge is 0.497 e. The summed E-state index contributed by atoms with van der Waals surface area (Å²) in [6, 6.07) is 18.7. The number of nitrogens with zero attached hydrogens (tertiary/aromatic N) is 2. The molecule has 222 valence electrons. The highest BCUT2D eigenvalue weighted by Gasteiger charge is 2.61. The van der Waals surface area contributed by atoms with Gasteiger partial charge < -0.3 is 9.47 Å². The van der Waals surface area contributed by atoms with Crippen molar-refractivity contribution in [2.45, 2.75) is 26.2 Å². The quantitative estimate of drug-likeness (QED) is 0.135. The number of aromatic nitrogens is 1. The number of halogens is 1. The van der Waals surface area contributed by atoms with Crippen LogP contribution in [0.2, 0.25) is 5.02 Å². The van der Waals surface area contributed by atoms with Crippen LogP contribution in [0.5, 0.6) is 5.75 Å². The minimum Gasteiger partial charge on any atom is -0.497 e. The molecule has 3 aliphatic rings. The van der Waals surface area contributed by atoms with E-state index in [1.54, 1.807) is 66.7 Å². The van der Waals surface area contributed by atoms with Gasteiger partial charge in [0.1, 0.15) is 5.75 Å². The Kier molecular flexibility index (Phi) is 6.97. The number of fused-ring (bicyclic) bond motifs is 6. The molecule has 9 heteroatoms. The number of hydrogen-bond acceptors (Lipinski definition) is 7. The molecule has 44 heavy (non-hydrogen) atoms. The Bertz CT molecular complexity index is 1840. The number of imide groups is 1. The second-order valence-corrected chi connectivity index (χ2v) is 12.2. The van der Waals surface area contributed by atoms with Crippen LogP contribution in [0, 0.1) is 30.6 Å². The Morgan fingerprint density at radius 2 is 1.66 bits per heavy atom. The Labute approximate surface area is 258 Å². The SMILES string of the molecule is COc1cccc(C(=O)COC(=O)c2cc(-c3ccc(N4C(=O)C5C6CCC(C6)C5C4=O)cc3)nc3c(C)c(Cl)ccc23)c1. The maximum absolute atomic E-state index is 13.4. The normalized spacial score (nSPS) is 22.0. The van der Waals surface area contributed by atoms with Gasteiger partial charge in [-0.1, -0.05) is 41.9 Å². The second-order valence-electron chi connectivity index (χ2n) is 11.8. The second kappa shape index (κ2) is 10.9. The molecule has 4 atom stereocenters. The van der Waals surface area contributed by atoms with E-state index in [0.717, 1.165) is 19.3 Å². The lowest BCUT2D eigenvalue weighted by atomic mass is 9.81. The predicted octanol–water partition coefficient (Wildman–Crippen LogP) is 6.45. The molecule has 3 aromatic carbocycles. The number of esters is 1. The van der Waals surface area contributed by atoms with Crippen molar-refractivity contribution in [1.82, 2.24) is 4.98 Å². The molecule has 2 saturated carbocycles. The molecule has 0 N–H and O–H groups in total. The van der Waals surface area contributed by atoms with E-state index >= 15 is 0 Å². The van der Waals surface area contributed by atoms with Gasteiger partial charge in [-0.3, -0.25) is 19.3 Å². The number of anilines is 1. The maximum atomic E-state index is 13.4. The number of carbonyl (C=O) groups is 4. The van der Waals surface area contributed by atoms with E-state index in [4.69, 9.17) is 26.1 Å². The predicted molar refractivity (Wildman–Crippen MR) is 165 cm³/mol. The van der Waals surface area contributed by atoms with E-state index < -0.39 is 12.6 Å². The van der Waals surface area contributed by atoms with Crippen LogP contribution < -0.4 is 9.64 Å². The molecule has 3 fully saturated rings. The molecule has 8 nitrogen and oxygen atoms in total. The summed E-state index contributed by atoms with van der Waals surface area (Å²) in [5.41, 5.74) is 3.52. The van der Waals surface area contributed by atoms with Gasteiger partial charge in [-0.2, -0.15) is 0 Å². The zero-order valence-electron chi connectivity index (χ0n) is 24.2. The Balaban J connectivity index is 1.18. The average molecular weight is 609 g/mol. The lowest BCUT2D eigenvalue weighted by Crippen LogP contribution is -2.32. The topological polar surface area (TPSA) is 103 Å². The zero-order chi connectivity index (χ0) is 30.7. The van der Waals surface area contributed by atoms with E-state index in [1.807, 2.05) is 6.92 Å². The molecule has 4 unspecified atom stereocenters. The molecule has 1 aliphatic heterocycles. The number of Topliss-reactive ketones (excluding diaryl/α,β-unsaturated/α-hetero) is 1. The van der Waals surface area contributed by atoms with Crippen LogP contribution in [-0.4, -0.2) is 42.3 Å². The highest BCUT2D eigenvalue weighted by Crippen LogP contribution is 2.56. The Morgan fingerprint density at radius 3 is 2.34 bits per heavy atom. The highest BCUT2D eigenvalue weighted by molar-refractivity contribution is 6.32. The number of ether oxygens (including phenoxy) is 2. The molecular weight excluding hydrogens is 580 g/mol. The number of ketones is 1. The van der Waals surface area contributed by atoms with Crippen molar-refractivity contribution >= 4 is 51.8 Å². The average Bonchev–Trinajstić information content (AvgIpc) is 3.74. The summed E-state index contributed by atoms with van der Waals surface area (Å²) in [4.78, 5) is 59.0. The van der Waals surface area contributed by atoms with Crippen molar-refractivity contribution in [3.63, 3.8) is 0 Å². The van der Waals surface area contributed by atoms with Crippen molar-refractivity contribution in [3.05, 3.63) is 88.4 Å². The summed E-state index contributed by atoms with van der Waals surface area (Å²) in [6.45, 7) is 1.37.